The molecule has 26 heavy (non-hydrogen) atoms. The van der Waals surface area contributed by atoms with Crippen LogP contribution >= 0.6 is 11.6 Å². The van der Waals surface area contributed by atoms with Gasteiger partial charge in [-0.2, -0.15) is 0 Å². The summed E-state index contributed by atoms with van der Waals surface area (Å²) < 4.78 is 10.5. The summed E-state index contributed by atoms with van der Waals surface area (Å²) in [5.41, 5.74) is 8.44. The number of rotatable bonds is 7. The van der Waals surface area contributed by atoms with Crippen molar-refractivity contribution in [3.8, 4) is 11.5 Å². The molecule has 0 aromatic heterocycles. The van der Waals surface area contributed by atoms with Crippen molar-refractivity contribution in [2.45, 2.75) is 20.3 Å². The van der Waals surface area contributed by atoms with E-state index < -0.39 is 5.97 Å². The number of methoxy groups -OCH3 is 1. The molecule has 0 aliphatic rings. The molecular formula is C19H21ClN2O4. The van der Waals surface area contributed by atoms with E-state index in [9.17, 15) is 4.79 Å². The highest BCUT2D eigenvalue weighted by Crippen LogP contribution is 2.25. The number of nitrogens with zero attached hydrogens (tertiary/aromatic N) is 1. The molecule has 2 aromatic carbocycles. The van der Waals surface area contributed by atoms with E-state index in [1.54, 1.807) is 19.2 Å². The average molecular weight is 377 g/mol. The normalized spacial score (nSPS) is 11.2. The van der Waals surface area contributed by atoms with Gasteiger partial charge in [0, 0.05) is 11.4 Å². The molecule has 0 aliphatic heterocycles. The van der Waals surface area contributed by atoms with Crippen LogP contribution in [0.2, 0.25) is 5.02 Å². The Bertz CT molecular complexity index is 781. The number of nitrogens with two attached hydrogens (primary N) is 1. The number of halogens is 1. The lowest BCUT2D eigenvalue weighted by Gasteiger charge is -2.08. The molecule has 6 nitrogen and oxygen atoms in total. The number of amidine groups is 1. The Hall–Kier alpha value is -2.73. The van der Waals surface area contributed by atoms with E-state index in [-0.39, 0.29) is 12.4 Å². The average Bonchev–Trinajstić information content (AvgIpc) is 2.63. The van der Waals surface area contributed by atoms with Crippen molar-refractivity contribution in [2.24, 2.45) is 10.9 Å². The molecule has 0 amide bonds. The summed E-state index contributed by atoms with van der Waals surface area (Å²) in [6.07, 6.45) is 0.355. The van der Waals surface area contributed by atoms with Gasteiger partial charge in [-0.3, -0.25) is 0 Å². The molecule has 0 radical (unpaired) electrons. The zero-order valence-electron chi connectivity index (χ0n) is 14.9. The predicted molar refractivity (Wildman–Crippen MR) is 101 cm³/mol. The molecule has 2 rings (SSSR count). The molecule has 0 atom stereocenters. The maximum Gasteiger partial charge on any atom is 0.372 e. The smallest absolute Gasteiger partial charge is 0.372 e. The van der Waals surface area contributed by atoms with Gasteiger partial charge in [0.25, 0.3) is 0 Å². The molecule has 0 aliphatic carbocycles. The number of hydrogen-bond acceptors (Lipinski definition) is 5. The second-order valence-electron chi connectivity index (χ2n) is 5.73. The van der Waals surface area contributed by atoms with Crippen molar-refractivity contribution < 1.29 is 19.1 Å². The van der Waals surface area contributed by atoms with Gasteiger partial charge >= 0.3 is 5.97 Å². The van der Waals surface area contributed by atoms with E-state index in [4.69, 9.17) is 31.6 Å². The monoisotopic (exact) mass is 376 g/mol. The van der Waals surface area contributed by atoms with Crippen LogP contribution in [0, 0.1) is 13.8 Å². The largest absolute Gasteiger partial charge is 0.497 e. The molecule has 2 aromatic rings. The third-order valence-corrected chi connectivity index (χ3v) is 4.17. The molecule has 0 unspecified atom stereocenters. The first-order chi connectivity index (χ1) is 12.4. The van der Waals surface area contributed by atoms with Gasteiger partial charge in [-0.05, 0) is 54.8 Å². The molecule has 0 saturated carbocycles. The molecule has 0 saturated heterocycles. The van der Waals surface area contributed by atoms with E-state index in [0.717, 1.165) is 22.4 Å². The minimum atomic E-state index is -0.645. The number of hydrogen-bond donors (Lipinski definition) is 1. The van der Waals surface area contributed by atoms with Crippen LogP contribution in [0.1, 0.15) is 16.7 Å². The molecule has 138 valence electrons. The SMILES string of the molecule is COc1ccc(CC(N)=NOC(=O)COc2cc(C)c(Cl)c(C)c2)cc1. The Kier molecular flexibility index (Phi) is 6.86. The Balaban J connectivity index is 1.84. The summed E-state index contributed by atoms with van der Waals surface area (Å²) in [6, 6.07) is 10.9. The topological polar surface area (TPSA) is 83.1 Å². The van der Waals surface area contributed by atoms with Crippen molar-refractivity contribution in [1.29, 1.82) is 0 Å². The van der Waals surface area contributed by atoms with E-state index in [1.165, 1.54) is 0 Å². The second-order valence-corrected chi connectivity index (χ2v) is 6.11. The van der Waals surface area contributed by atoms with Crippen LogP contribution in [0.25, 0.3) is 0 Å². The number of carbonyl (C=O) groups excluding carboxylic acids is 1. The maximum absolute atomic E-state index is 11.7. The van der Waals surface area contributed by atoms with Crippen LogP contribution < -0.4 is 15.2 Å². The Morgan fingerprint density at radius 2 is 1.73 bits per heavy atom. The summed E-state index contributed by atoms with van der Waals surface area (Å²) in [7, 11) is 1.60. The quantitative estimate of drug-likeness (QED) is 0.346. The standard InChI is InChI=1S/C19H21ClN2O4/c1-12-8-16(9-13(2)19(12)20)25-11-18(23)26-22-17(21)10-14-4-6-15(24-3)7-5-14/h4-9H,10-11H2,1-3H3,(H2,21,22). The molecular weight excluding hydrogens is 356 g/mol. The zero-order chi connectivity index (χ0) is 19.1. The van der Waals surface area contributed by atoms with Crippen LogP contribution in [0.15, 0.2) is 41.6 Å². The third-order valence-electron chi connectivity index (χ3n) is 3.58. The lowest BCUT2D eigenvalue weighted by Crippen LogP contribution is -2.19. The predicted octanol–water partition coefficient (Wildman–Crippen LogP) is 3.40. The Morgan fingerprint density at radius 1 is 1.12 bits per heavy atom. The number of ether oxygens (including phenoxy) is 2. The number of oxime groups is 1. The van der Waals surface area contributed by atoms with E-state index in [2.05, 4.69) is 5.16 Å². The Morgan fingerprint density at radius 3 is 2.31 bits per heavy atom. The highest BCUT2D eigenvalue weighted by Gasteiger charge is 2.08. The first kappa shape index (κ1) is 19.6. The van der Waals surface area contributed by atoms with Crippen LogP contribution in [-0.2, 0) is 16.1 Å². The van der Waals surface area contributed by atoms with Crippen LogP contribution in [0.3, 0.4) is 0 Å². The second kappa shape index (κ2) is 9.10. The molecule has 0 fully saturated rings. The summed E-state index contributed by atoms with van der Waals surface area (Å²) in [4.78, 5) is 16.5. The van der Waals surface area contributed by atoms with Crippen molar-refractivity contribution in [2.75, 3.05) is 13.7 Å². The number of aryl methyl sites for hydroxylation is 2. The van der Waals surface area contributed by atoms with E-state index in [0.29, 0.717) is 17.2 Å². The van der Waals surface area contributed by atoms with Crippen molar-refractivity contribution >= 4 is 23.4 Å². The van der Waals surface area contributed by atoms with Crippen molar-refractivity contribution in [3.63, 3.8) is 0 Å². The fourth-order valence-corrected chi connectivity index (χ4v) is 2.36. The van der Waals surface area contributed by atoms with Gasteiger partial charge in [-0.1, -0.05) is 28.9 Å². The zero-order valence-corrected chi connectivity index (χ0v) is 15.7. The summed E-state index contributed by atoms with van der Waals surface area (Å²) in [5.74, 6) is 0.826. The van der Waals surface area contributed by atoms with Crippen molar-refractivity contribution in [1.82, 2.24) is 0 Å². The summed E-state index contributed by atoms with van der Waals surface area (Å²) in [6.45, 7) is 3.45. The molecule has 0 heterocycles. The molecule has 2 N–H and O–H groups in total. The van der Waals surface area contributed by atoms with Gasteiger partial charge in [-0.15, -0.1) is 0 Å². The first-order valence-corrected chi connectivity index (χ1v) is 8.31. The number of benzene rings is 2. The minimum absolute atomic E-state index is 0.182. The van der Waals surface area contributed by atoms with Gasteiger partial charge in [0.2, 0.25) is 0 Å². The van der Waals surface area contributed by atoms with Gasteiger partial charge in [0.1, 0.15) is 17.3 Å². The fraction of sp³-hybridized carbons (Fsp3) is 0.263. The third kappa shape index (κ3) is 5.67. The van der Waals surface area contributed by atoms with Crippen LogP contribution in [0.5, 0.6) is 11.5 Å². The summed E-state index contributed by atoms with van der Waals surface area (Å²) >= 11 is 6.09. The molecule has 7 heteroatoms. The highest BCUT2D eigenvalue weighted by atomic mass is 35.5. The molecule has 0 spiro atoms. The minimum Gasteiger partial charge on any atom is -0.497 e. The lowest BCUT2D eigenvalue weighted by atomic mass is 10.1. The van der Waals surface area contributed by atoms with Crippen LogP contribution in [0.4, 0.5) is 0 Å². The van der Waals surface area contributed by atoms with E-state index in [1.807, 2.05) is 38.1 Å². The summed E-state index contributed by atoms with van der Waals surface area (Å²) in [5, 5.41) is 4.31. The number of carbonyl (C=O) groups is 1. The highest BCUT2D eigenvalue weighted by molar-refractivity contribution is 6.32. The van der Waals surface area contributed by atoms with Gasteiger partial charge < -0.3 is 20.0 Å². The fourth-order valence-electron chi connectivity index (χ4n) is 2.25. The van der Waals surface area contributed by atoms with E-state index >= 15 is 0 Å². The van der Waals surface area contributed by atoms with Gasteiger partial charge in [0.05, 0.1) is 7.11 Å². The van der Waals surface area contributed by atoms with Crippen LogP contribution in [-0.4, -0.2) is 25.5 Å². The molecule has 0 bridgehead atoms. The Labute approximate surface area is 157 Å². The maximum atomic E-state index is 11.7. The first-order valence-electron chi connectivity index (χ1n) is 7.93. The van der Waals surface area contributed by atoms with Gasteiger partial charge in [0.15, 0.2) is 6.61 Å². The van der Waals surface area contributed by atoms with Gasteiger partial charge in [-0.25, -0.2) is 4.79 Å². The lowest BCUT2D eigenvalue weighted by molar-refractivity contribution is -0.146. The van der Waals surface area contributed by atoms with Crippen molar-refractivity contribution in [3.05, 3.63) is 58.1 Å².